The second kappa shape index (κ2) is 4.75. The number of hydrogen-bond donors (Lipinski definition) is 1. The molecule has 0 atom stereocenters. The summed E-state index contributed by atoms with van der Waals surface area (Å²) in [6, 6.07) is 8.58. The molecule has 1 aliphatic rings. The second-order valence-corrected chi connectivity index (χ2v) is 6.39. The quantitative estimate of drug-likeness (QED) is 0.891. The van der Waals surface area contributed by atoms with Crippen LogP contribution in [0.4, 0.5) is 5.69 Å². The lowest BCUT2D eigenvalue weighted by molar-refractivity contribution is 0.584. The molecule has 2 heterocycles. The molecule has 0 amide bonds. The fraction of sp³-hybridized carbons (Fsp3) is 0.231. The van der Waals surface area contributed by atoms with Gasteiger partial charge in [-0.3, -0.25) is 9.10 Å². The highest BCUT2D eigenvalue weighted by atomic mass is 32.2. The minimum atomic E-state index is -3.86. The molecule has 0 radical (unpaired) electrons. The van der Waals surface area contributed by atoms with Gasteiger partial charge in [0.05, 0.1) is 5.69 Å². The number of rotatable bonds is 2. The van der Waals surface area contributed by atoms with Crippen molar-refractivity contribution in [2.45, 2.75) is 17.7 Å². The lowest BCUT2D eigenvalue weighted by Crippen LogP contribution is -2.38. The maximum absolute atomic E-state index is 12.6. The minimum absolute atomic E-state index is 0.274. The molecule has 6 nitrogen and oxygen atoms in total. The van der Waals surface area contributed by atoms with E-state index in [1.165, 1.54) is 16.6 Å². The van der Waals surface area contributed by atoms with E-state index < -0.39 is 15.6 Å². The number of aromatic amines is 1. The highest BCUT2D eigenvalue weighted by molar-refractivity contribution is 7.92. The lowest BCUT2D eigenvalue weighted by Gasteiger charge is -2.30. The summed E-state index contributed by atoms with van der Waals surface area (Å²) in [4.78, 5) is 11.4. The molecule has 3 rings (SSSR count). The molecule has 0 fully saturated rings. The molecule has 0 bridgehead atoms. The predicted molar refractivity (Wildman–Crippen MR) is 74.2 cm³/mol. The Kier molecular flexibility index (Phi) is 3.06. The van der Waals surface area contributed by atoms with Gasteiger partial charge in [-0.25, -0.2) is 13.5 Å². The van der Waals surface area contributed by atoms with Crippen molar-refractivity contribution in [2.75, 3.05) is 10.8 Å². The molecule has 1 aliphatic heterocycles. The number of aryl methyl sites for hydroxylation is 1. The van der Waals surface area contributed by atoms with E-state index in [0.29, 0.717) is 12.2 Å². The smallest absolute Gasteiger partial charge is 0.266 e. The Morgan fingerprint density at radius 3 is 2.80 bits per heavy atom. The third kappa shape index (κ3) is 2.00. The molecular weight excluding hydrogens is 278 g/mol. The summed E-state index contributed by atoms with van der Waals surface area (Å²) in [5.74, 6) is 0. The zero-order valence-corrected chi connectivity index (χ0v) is 11.4. The maximum Gasteiger partial charge on any atom is 0.284 e. The first-order valence-corrected chi connectivity index (χ1v) is 7.69. The zero-order valence-electron chi connectivity index (χ0n) is 10.6. The van der Waals surface area contributed by atoms with E-state index in [1.54, 1.807) is 12.1 Å². The fourth-order valence-corrected chi connectivity index (χ4v) is 3.96. The minimum Gasteiger partial charge on any atom is -0.266 e. The van der Waals surface area contributed by atoms with Crippen LogP contribution < -0.4 is 9.86 Å². The highest BCUT2D eigenvalue weighted by Crippen LogP contribution is 2.30. The van der Waals surface area contributed by atoms with Crippen LogP contribution in [0.3, 0.4) is 0 Å². The van der Waals surface area contributed by atoms with Crippen LogP contribution in [0.15, 0.2) is 46.2 Å². The van der Waals surface area contributed by atoms with Crippen molar-refractivity contribution in [3.63, 3.8) is 0 Å². The monoisotopic (exact) mass is 291 g/mol. The van der Waals surface area contributed by atoms with Crippen LogP contribution in [-0.4, -0.2) is 25.2 Å². The molecule has 0 unspecified atom stereocenters. The average molecular weight is 291 g/mol. The van der Waals surface area contributed by atoms with Crippen LogP contribution in [-0.2, 0) is 16.4 Å². The molecule has 1 N–H and O–H groups in total. The van der Waals surface area contributed by atoms with Gasteiger partial charge in [0.15, 0.2) is 4.90 Å². The molecule has 0 saturated heterocycles. The first kappa shape index (κ1) is 12.9. The molecule has 20 heavy (non-hydrogen) atoms. The molecule has 1 aromatic carbocycles. The summed E-state index contributed by atoms with van der Waals surface area (Å²) in [6.45, 7) is 0.376. The SMILES string of the molecule is O=c1[nH]nccc1S(=O)(=O)N1CCCc2ccccc21. The number of benzene rings is 1. The van der Waals surface area contributed by atoms with Gasteiger partial charge >= 0.3 is 0 Å². The third-order valence-corrected chi connectivity index (χ3v) is 5.16. The predicted octanol–water partition coefficient (Wildman–Crippen LogP) is 0.911. The highest BCUT2D eigenvalue weighted by Gasteiger charge is 2.30. The van der Waals surface area contributed by atoms with Crippen LogP contribution in [0.5, 0.6) is 0 Å². The first-order chi connectivity index (χ1) is 9.60. The van der Waals surface area contributed by atoms with E-state index in [1.807, 2.05) is 12.1 Å². The Hall–Kier alpha value is -2.15. The van der Waals surface area contributed by atoms with Gasteiger partial charge in [0.2, 0.25) is 0 Å². The summed E-state index contributed by atoms with van der Waals surface area (Å²) >= 11 is 0. The summed E-state index contributed by atoms with van der Waals surface area (Å²) < 4.78 is 26.6. The number of H-pyrrole nitrogens is 1. The van der Waals surface area contributed by atoms with E-state index in [4.69, 9.17) is 0 Å². The summed E-state index contributed by atoms with van der Waals surface area (Å²) in [7, 11) is -3.86. The van der Waals surface area contributed by atoms with Crippen molar-refractivity contribution < 1.29 is 8.42 Å². The standard InChI is InChI=1S/C13H13N3O3S/c17-13-12(7-8-14-15-13)20(18,19)16-9-3-5-10-4-1-2-6-11(10)16/h1-2,4,6-8H,3,5,9H2,(H,15,17). The van der Waals surface area contributed by atoms with Crippen LogP contribution >= 0.6 is 0 Å². The number of nitrogens with zero attached hydrogens (tertiary/aromatic N) is 2. The van der Waals surface area contributed by atoms with Gasteiger partial charge in [-0.05, 0) is 30.5 Å². The van der Waals surface area contributed by atoms with Crippen LogP contribution in [0, 0.1) is 0 Å². The Labute approximate surface area is 116 Å². The van der Waals surface area contributed by atoms with Crippen molar-refractivity contribution in [1.29, 1.82) is 0 Å². The number of sulfonamides is 1. The Morgan fingerprint density at radius 1 is 1.20 bits per heavy atom. The van der Waals surface area contributed by atoms with Crippen molar-refractivity contribution in [2.24, 2.45) is 0 Å². The van der Waals surface area contributed by atoms with Crippen LogP contribution in [0.1, 0.15) is 12.0 Å². The molecule has 1 aromatic heterocycles. The molecule has 0 saturated carbocycles. The van der Waals surface area contributed by atoms with Gasteiger partial charge in [-0.15, -0.1) is 0 Å². The Morgan fingerprint density at radius 2 is 2.00 bits per heavy atom. The summed E-state index contributed by atoms with van der Waals surface area (Å²) in [5.41, 5.74) is 0.929. The fourth-order valence-electron chi connectivity index (χ4n) is 2.40. The molecule has 2 aromatic rings. The second-order valence-electron chi connectivity index (χ2n) is 4.56. The van der Waals surface area contributed by atoms with E-state index in [-0.39, 0.29) is 4.90 Å². The Bertz CT molecular complexity index is 798. The largest absolute Gasteiger partial charge is 0.284 e. The first-order valence-electron chi connectivity index (χ1n) is 6.25. The van der Waals surface area contributed by atoms with Crippen LogP contribution in [0.25, 0.3) is 0 Å². The van der Waals surface area contributed by atoms with E-state index in [0.717, 1.165) is 18.4 Å². The number of hydrogen-bond acceptors (Lipinski definition) is 4. The zero-order chi connectivity index (χ0) is 14.2. The van der Waals surface area contributed by atoms with Gasteiger partial charge in [-0.1, -0.05) is 18.2 Å². The number of para-hydroxylation sites is 1. The molecule has 0 spiro atoms. The third-order valence-electron chi connectivity index (χ3n) is 3.33. The van der Waals surface area contributed by atoms with Gasteiger partial charge in [0, 0.05) is 12.7 Å². The summed E-state index contributed by atoms with van der Waals surface area (Å²) in [5, 5.41) is 5.69. The van der Waals surface area contributed by atoms with Crippen molar-refractivity contribution in [3.05, 3.63) is 52.4 Å². The number of fused-ring (bicyclic) bond motifs is 1. The molecule has 104 valence electrons. The molecule has 7 heteroatoms. The van der Waals surface area contributed by atoms with E-state index in [2.05, 4.69) is 10.2 Å². The Balaban J connectivity index is 2.15. The van der Waals surface area contributed by atoms with Crippen LogP contribution in [0.2, 0.25) is 0 Å². The van der Waals surface area contributed by atoms with E-state index in [9.17, 15) is 13.2 Å². The van der Waals surface area contributed by atoms with Crippen molar-refractivity contribution in [1.82, 2.24) is 10.2 Å². The molecular formula is C13H13N3O3S. The summed E-state index contributed by atoms with van der Waals surface area (Å²) in [6.07, 6.45) is 2.85. The van der Waals surface area contributed by atoms with Gasteiger partial charge < -0.3 is 0 Å². The van der Waals surface area contributed by atoms with Crippen molar-refractivity contribution in [3.8, 4) is 0 Å². The van der Waals surface area contributed by atoms with Crippen molar-refractivity contribution >= 4 is 15.7 Å². The topological polar surface area (TPSA) is 83.1 Å². The average Bonchev–Trinajstić information content (AvgIpc) is 2.47. The van der Waals surface area contributed by atoms with Gasteiger partial charge in [-0.2, -0.15) is 5.10 Å². The number of aromatic nitrogens is 2. The van der Waals surface area contributed by atoms with E-state index >= 15 is 0 Å². The normalized spacial score (nSPS) is 14.9. The van der Waals surface area contributed by atoms with Gasteiger partial charge in [0.25, 0.3) is 15.6 Å². The van der Waals surface area contributed by atoms with Gasteiger partial charge in [0.1, 0.15) is 0 Å². The number of nitrogens with one attached hydrogen (secondary N) is 1. The molecule has 0 aliphatic carbocycles. The lowest BCUT2D eigenvalue weighted by atomic mass is 10.0. The number of anilines is 1. The maximum atomic E-state index is 12.6.